The third-order valence-electron chi connectivity index (χ3n) is 3.11. The van der Waals surface area contributed by atoms with E-state index in [1.54, 1.807) is 19.1 Å². The van der Waals surface area contributed by atoms with Crippen LogP contribution in [0.4, 0.5) is 0 Å². The summed E-state index contributed by atoms with van der Waals surface area (Å²) in [6.07, 6.45) is 4.00. The highest BCUT2D eigenvalue weighted by atomic mass is 32.2. The van der Waals surface area contributed by atoms with Gasteiger partial charge in [-0.25, -0.2) is 13.1 Å². The van der Waals surface area contributed by atoms with E-state index in [1.165, 1.54) is 6.08 Å². The number of sulfonamides is 1. The molecule has 0 amide bonds. The van der Waals surface area contributed by atoms with Crippen LogP contribution in [0.3, 0.4) is 0 Å². The first-order chi connectivity index (χ1) is 8.98. The summed E-state index contributed by atoms with van der Waals surface area (Å²) < 4.78 is 36.5. The summed E-state index contributed by atoms with van der Waals surface area (Å²) in [6, 6.07) is -0.612. The van der Waals surface area contributed by atoms with Crippen LogP contribution in [0.5, 0.6) is 0 Å². The molecule has 0 aromatic heterocycles. The highest BCUT2D eigenvalue weighted by molar-refractivity contribution is 7.89. The number of rotatable bonds is 6. The zero-order valence-corrected chi connectivity index (χ0v) is 11.4. The summed E-state index contributed by atoms with van der Waals surface area (Å²) in [5.74, 6) is -1.26. The van der Waals surface area contributed by atoms with Gasteiger partial charge in [0.05, 0.1) is 30.6 Å². The minimum Gasteiger partial charge on any atom is -0.466 e. The molecule has 1 N–H and O–H groups in total. The van der Waals surface area contributed by atoms with E-state index >= 15 is 0 Å². The molecule has 2 aliphatic heterocycles. The van der Waals surface area contributed by atoms with Crippen molar-refractivity contribution in [1.29, 1.82) is 0 Å². The van der Waals surface area contributed by atoms with Crippen molar-refractivity contribution in [1.82, 2.24) is 4.72 Å². The number of nitrogens with one attached hydrogen (secondary N) is 1. The molecule has 6 nitrogen and oxygen atoms in total. The normalized spacial score (nSPS) is 32.5. The first-order valence-corrected chi connectivity index (χ1v) is 7.75. The molecule has 1 fully saturated rings. The maximum absolute atomic E-state index is 11.9. The molecule has 19 heavy (non-hydrogen) atoms. The lowest BCUT2D eigenvalue weighted by Crippen LogP contribution is -2.49. The van der Waals surface area contributed by atoms with Crippen LogP contribution in [0, 0.1) is 5.92 Å². The molecule has 7 heteroatoms. The van der Waals surface area contributed by atoms with E-state index in [1.807, 2.05) is 0 Å². The van der Waals surface area contributed by atoms with Crippen molar-refractivity contribution in [2.45, 2.75) is 25.2 Å². The van der Waals surface area contributed by atoms with E-state index < -0.39 is 40.2 Å². The zero-order chi connectivity index (χ0) is 14.0. The lowest BCUT2D eigenvalue weighted by molar-refractivity contribution is -0.149. The monoisotopic (exact) mass is 287 g/mol. The molecule has 2 rings (SSSR count). The second kappa shape index (κ2) is 5.44. The molecular weight excluding hydrogens is 270 g/mol. The van der Waals surface area contributed by atoms with Gasteiger partial charge in [0.1, 0.15) is 5.92 Å². The Kier molecular flexibility index (Phi) is 4.07. The molecule has 0 radical (unpaired) electrons. The van der Waals surface area contributed by atoms with Gasteiger partial charge in [0.2, 0.25) is 10.0 Å². The smallest absolute Gasteiger partial charge is 0.313 e. The maximum Gasteiger partial charge on any atom is 0.313 e. The predicted octanol–water partition coefficient (Wildman–Crippen LogP) is -0.0231. The van der Waals surface area contributed by atoms with Crippen LogP contribution >= 0.6 is 0 Å². The number of carbonyl (C=O) groups excluding carboxylic acids is 1. The Morgan fingerprint density at radius 2 is 2.16 bits per heavy atom. The molecular formula is C12H17NO5S. The fourth-order valence-electron chi connectivity index (χ4n) is 2.38. The standard InChI is InChI=1S/C12H17NO5S/c1-3-7-19(15,16)13-11-9-6-5-8(18-9)10(11)12(14)17-4-2/h3,5-6,8-11,13H,1,4,7H2,2H3/t8-,9+,10-,11-/m1/s1. The van der Waals surface area contributed by atoms with Crippen LogP contribution in [0.1, 0.15) is 6.92 Å². The summed E-state index contributed by atoms with van der Waals surface area (Å²) in [4.78, 5) is 11.9. The van der Waals surface area contributed by atoms with Crippen molar-refractivity contribution in [2.75, 3.05) is 12.4 Å². The van der Waals surface area contributed by atoms with Gasteiger partial charge in [0.25, 0.3) is 0 Å². The van der Waals surface area contributed by atoms with E-state index in [2.05, 4.69) is 11.3 Å². The average molecular weight is 287 g/mol. The van der Waals surface area contributed by atoms with E-state index in [-0.39, 0.29) is 12.4 Å². The molecule has 2 heterocycles. The SMILES string of the molecule is C=CCS(=O)(=O)N[C@H]1[C@H](C(=O)OCC)[C@H]2C=C[C@@H]1O2. The van der Waals surface area contributed by atoms with Crippen molar-refractivity contribution in [3.63, 3.8) is 0 Å². The largest absolute Gasteiger partial charge is 0.466 e. The minimum absolute atomic E-state index is 0.194. The summed E-state index contributed by atoms with van der Waals surface area (Å²) in [6.45, 7) is 5.36. The minimum atomic E-state index is -3.51. The van der Waals surface area contributed by atoms with E-state index in [4.69, 9.17) is 9.47 Å². The number of hydrogen-bond acceptors (Lipinski definition) is 5. The van der Waals surface area contributed by atoms with E-state index in [0.29, 0.717) is 0 Å². The van der Waals surface area contributed by atoms with Crippen molar-refractivity contribution in [3.8, 4) is 0 Å². The topological polar surface area (TPSA) is 81.7 Å². The fourth-order valence-corrected chi connectivity index (χ4v) is 3.48. The first kappa shape index (κ1) is 14.2. The van der Waals surface area contributed by atoms with Crippen LogP contribution in [-0.2, 0) is 24.3 Å². The van der Waals surface area contributed by atoms with Gasteiger partial charge < -0.3 is 9.47 Å². The van der Waals surface area contributed by atoms with Crippen LogP contribution in [-0.4, -0.2) is 45.0 Å². The third kappa shape index (κ3) is 2.88. The Morgan fingerprint density at radius 3 is 2.79 bits per heavy atom. The van der Waals surface area contributed by atoms with E-state index in [9.17, 15) is 13.2 Å². The molecule has 1 saturated heterocycles. The number of hydrogen-bond donors (Lipinski definition) is 1. The van der Waals surface area contributed by atoms with Gasteiger partial charge >= 0.3 is 5.97 Å². The third-order valence-corrected chi connectivity index (χ3v) is 4.42. The van der Waals surface area contributed by atoms with Crippen molar-refractivity contribution in [3.05, 3.63) is 24.8 Å². The van der Waals surface area contributed by atoms with E-state index in [0.717, 1.165) is 0 Å². The number of esters is 1. The van der Waals surface area contributed by atoms with Gasteiger partial charge in [0.15, 0.2) is 0 Å². The molecule has 4 atom stereocenters. The second-order valence-electron chi connectivity index (χ2n) is 4.44. The van der Waals surface area contributed by atoms with Crippen molar-refractivity contribution < 1.29 is 22.7 Å². The van der Waals surface area contributed by atoms with Crippen LogP contribution in [0.25, 0.3) is 0 Å². The predicted molar refractivity (Wildman–Crippen MR) is 68.8 cm³/mol. The fraction of sp³-hybridized carbons (Fsp3) is 0.583. The second-order valence-corrected chi connectivity index (χ2v) is 6.24. The first-order valence-electron chi connectivity index (χ1n) is 6.10. The Balaban J connectivity index is 2.15. The summed E-state index contributed by atoms with van der Waals surface area (Å²) in [5, 5.41) is 0. The molecule has 0 aromatic carbocycles. The van der Waals surface area contributed by atoms with Gasteiger partial charge in [-0.2, -0.15) is 0 Å². The number of carbonyl (C=O) groups is 1. The quantitative estimate of drug-likeness (QED) is 0.548. The summed E-state index contributed by atoms with van der Waals surface area (Å²) >= 11 is 0. The van der Waals surface area contributed by atoms with Crippen molar-refractivity contribution in [2.24, 2.45) is 5.92 Å². The molecule has 0 saturated carbocycles. The maximum atomic E-state index is 11.9. The Bertz CT molecular complexity index is 498. The Hall–Kier alpha value is -1.18. The molecule has 0 aliphatic carbocycles. The molecule has 2 aliphatic rings. The molecule has 0 spiro atoms. The number of fused-ring (bicyclic) bond motifs is 2. The van der Waals surface area contributed by atoms with Crippen LogP contribution in [0.2, 0.25) is 0 Å². The Labute approximate surface area is 112 Å². The molecule has 0 aromatic rings. The Morgan fingerprint density at radius 1 is 1.47 bits per heavy atom. The highest BCUT2D eigenvalue weighted by Gasteiger charge is 2.51. The van der Waals surface area contributed by atoms with Gasteiger partial charge in [-0.05, 0) is 6.92 Å². The van der Waals surface area contributed by atoms with Gasteiger partial charge in [0, 0.05) is 0 Å². The molecule has 2 bridgehead atoms. The lowest BCUT2D eigenvalue weighted by atomic mass is 9.90. The van der Waals surface area contributed by atoms with Gasteiger partial charge in [-0.15, -0.1) is 6.58 Å². The molecule has 106 valence electrons. The average Bonchev–Trinajstić information content (AvgIpc) is 2.88. The summed E-state index contributed by atoms with van der Waals surface area (Å²) in [7, 11) is -3.51. The van der Waals surface area contributed by atoms with Gasteiger partial charge in [-0.3, -0.25) is 4.79 Å². The van der Waals surface area contributed by atoms with Crippen LogP contribution in [0.15, 0.2) is 24.8 Å². The van der Waals surface area contributed by atoms with Gasteiger partial charge in [-0.1, -0.05) is 18.2 Å². The summed E-state index contributed by atoms with van der Waals surface area (Å²) in [5.41, 5.74) is 0. The lowest BCUT2D eigenvalue weighted by Gasteiger charge is -2.24. The highest BCUT2D eigenvalue weighted by Crippen LogP contribution is 2.35. The van der Waals surface area contributed by atoms with Crippen molar-refractivity contribution >= 4 is 16.0 Å². The number of ether oxygens (including phenoxy) is 2. The zero-order valence-electron chi connectivity index (χ0n) is 10.6. The van der Waals surface area contributed by atoms with Crippen LogP contribution < -0.4 is 4.72 Å². The molecule has 0 unspecified atom stereocenters.